The molecule has 0 saturated carbocycles. The van der Waals surface area contributed by atoms with Crippen LogP contribution in [0, 0.1) is 6.92 Å². The number of hydrogen-bond acceptors (Lipinski definition) is 4. The first-order chi connectivity index (χ1) is 11.6. The number of para-hydroxylation sites is 1. The molecule has 3 aromatic rings. The van der Waals surface area contributed by atoms with Gasteiger partial charge in [-0.3, -0.25) is 14.9 Å². The number of aromatic amines is 1. The number of benzene rings is 1. The van der Waals surface area contributed by atoms with Gasteiger partial charge >= 0.3 is 0 Å². The monoisotopic (exact) mass is 323 g/mol. The van der Waals surface area contributed by atoms with Crippen LogP contribution in [-0.4, -0.2) is 27.1 Å². The molecule has 0 bridgehead atoms. The molecule has 124 valence electrons. The molecule has 0 aliphatic heterocycles. The van der Waals surface area contributed by atoms with Gasteiger partial charge in [0.1, 0.15) is 0 Å². The third-order valence-electron chi connectivity index (χ3n) is 4.12. The molecule has 0 saturated heterocycles. The minimum atomic E-state index is -0.652. The summed E-state index contributed by atoms with van der Waals surface area (Å²) in [5.41, 5.74) is 9.72. The molecule has 2 unspecified atom stereocenters. The molecule has 24 heavy (non-hydrogen) atoms. The largest absolute Gasteiger partial charge is 0.347 e. The third kappa shape index (κ3) is 3.28. The van der Waals surface area contributed by atoms with Crippen molar-refractivity contribution in [3.63, 3.8) is 0 Å². The van der Waals surface area contributed by atoms with Crippen molar-refractivity contribution in [1.29, 1.82) is 0 Å². The van der Waals surface area contributed by atoms with Crippen molar-refractivity contribution in [2.45, 2.75) is 32.4 Å². The summed E-state index contributed by atoms with van der Waals surface area (Å²) in [4.78, 5) is 16.7. The van der Waals surface area contributed by atoms with Gasteiger partial charge < -0.3 is 11.1 Å². The molecule has 0 fully saturated rings. The number of pyridine rings is 1. The van der Waals surface area contributed by atoms with Gasteiger partial charge in [0.2, 0.25) is 5.91 Å². The lowest BCUT2D eigenvalue weighted by Crippen LogP contribution is -2.43. The Kier molecular flexibility index (Phi) is 4.57. The van der Waals surface area contributed by atoms with Crippen LogP contribution in [0.5, 0.6) is 0 Å². The number of hydrogen-bond donors (Lipinski definition) is 3. The van der Waals surface area contributed by atoms with Crippen LogP contribution in [0.2, 0.25) is 0 Å². The summed E-state index contributed by atoms with van der Waals surface area (Å²) in [5, 5.41) is 11.1. The van der Waals surface area contributed by atoms with E-state index in [-0.39, 0.29) is 11.9 Å². The lowest BCUT2D eigenvalue weighted by molar-refractivity contribution is -0.123. The van der Waals surface area contributed by atoms with E-state index in [0.29, 0.717) is 6.42 Å². The highest BCUT2D eigenvalue weighted by molar-refractivity contribution is 5.85. The predicted molar refractivity (Wildman–Crippen MR) is 93.3 cm³/mol. The van der Waals surface area contributed by atoms with Gasteiger partial charge in [-0.25, -0.2) is 0 Å². The molecule has 2 aromatic heterocycles. The van der Waals surface area contributed by atoms with Crippen molar-refractivity contribution in [3.05, 3.63) is 59.5 Å². The quantitative estimate of drug-likeness (QED) is 0.669. The van der Waals surface area contributed by atoms with Crippen molar-refractivity contribution in [2.75, 3.05) is 0 Å². The highest BCUT2D eigenvalue weighted by Crippen LogP contribution is 2.17. The highest BCUT2D eigenvalue weighted by Gasteiger charge is 2.20. The SMILES string of the molecule is Cc1cccnc1C(C)NC(=O)C(N)Cc1[nH]nc2ccccc12. The van der Waals surface area contributed by atoms with Crippen molar-refractivity contribution < 1.29 is 4.79 Å². The van der Waals surface area contributed by atoms with Crippen molar-refractivity contribution in [2.24, 2.45) is 5.73 Å². The van der Waals surface area contributed by atoms with Crippen LogP contribution in [0.15, 0.2) is 42.6 Å². The molecule has 6 heteroatoms. The van der Waals surface area contributed by atoms with Crippen LogP contribution in [0.1, 0.15) is 29.9 Å². The van der Waals surface area contributed by atoms with E-state index in [0.717, 1.165) is 27.9 Å². The van der Waals surface area contributed by atoms with E-state index in [4.69, 9.17) is 5.73 Å². The lowest BCUT2D eigenvalue weighted by atomic mass is 10.1. The first kappa shape index (κ1) is 16.1. The van der Waals surface area contributed by atoms with Gasteiger partial charge in [-0.05, 0) is 31.5 Å². The van der Waals surface area contributed by atoms with Gasteiger partial charge in [-0.1, -0.05) is 24.3 Å². The maximum Gasteiger partial charge on any atom is 0.237 e. The van der Waals surface area contributed by atoms with Crippen LogP contribution in [-0.2, 0) is 11.2 Å². The fourth-order valence-corrected chi connectivity index (χ4v) is 2.82. The highest BCUT2D eigenvalue weighted by atomic mass is 16.2. The maximum atomic E-state index is 12.4. The average molecular weight is 323 g/mol. The summed E-state index contributed by atoms with van der Waals surface area (Å²) in [6.07, 6.45) is 2.13. The second-order valence-corrected chi connectivity index (χ2v) is 5.97. The number of aromatic nitrogens is 3. The number of rotatable bonds is 5. The van der Waals surface area contributed by atoms with E-state index in [1.54, 1.807) is 6.20 Å². The number of amides is 1. The summed E-state index contributed by atoms with van der Waals surface area (Å²) >= 11 is 0. The van der Waals surface area contributed by atoms with E-state index in [9.17, 15) is 4.79 Å². The van der Waals surface area contributed by atoms with Gasteiger partial charge in [0.05, 0.1) is 23.3 Å². The second-order valence-electron chi connectivity index (χ2n) is 5.97. The fourth-order valence-electron chi connectivity index (χ4n) is 2.82. The zero-order chi connectivity index (χ0) is 17.1. The zero-order valence-corrected chi connectivity index (χ0v) is 13.8. The van der Waals surface area contributed by atoms with Gasteiger partial charge in [0.15, 0.2) is 0 Å². The van der Waals surface area contributed by atoms with Crippen LogP contribution >= 0.6 is 0 Å². The van der Waals surface area contributed by atoms with E-state index >= 15 is 0 Å². The summed E-state index contributed by atoms with van der Waals surface area (Å²) in [5.74, 6) is -0.203. The molecule has 1 aromatic carbocycles. The maximum absolute atomic E-state index is 12.4. The number of aryl methyl sites for hydroxylation is 1. The summed E-state index contributed by atoms with van der Waals surface area (Å²) in [6, 6.07) is 10.8. The summed E-state index contributed by atoms with van der Waals surface area (Å²) in [7, 11) is 0. The molecule has 6 nitrogen and oxygen atoms in total. The minimum Gasteiger partial charge on any atom is -0.347 e. The Morgan fingerprint density at radius 3 is 2.88 bits per heavy atom. The number of nitrogens with two attached hydrogens (primary N) is 1. The number of carbonyl (C=O) groups is 1. The minimum absolute atomic E-state index is 0.191. The van der Waals surface area contributed by atoms with E-state index in [1.165, 1.54) is 0 Å². The number of nitrogens with one attached hydrogen (secondary N) is 2. The summed E-state index contributed by atoms with van der Waals surface area (Å²) < 4.78 is 0. The van der Waals surface area contributed by atoms with Crippen LogP contribution in [0.4, 0.5) is 0 Å². The Labute approximate surface area is 140 Å². The smallest absolute Gasteiger partial charge is 0.237 e. The Morgan fingerprint density at radius 1 is 1.29 bits per heavy atom. The Hall–Kier alpha value is -2.73. The molecule has 0 radical (unpaired) electrons. The zero-order valence-electron chi connectivity index (χ0n) is 13.8. The normalized spacial score (nSPS) is 13.6. The molecule has 0 spiro atoms. The van der Waals surface area contributed by atoms with Gasteiger partial charge in [0.25, 0.3) is 0 Å². The van der Waals surface area contributed by atoms with Gasteiger partial charge in [0, 0.05) is 23.7 Å². The lowest BCUT2D eigenvalue weighted by Gasteiger charge is -2.18. The fraction of sp³-hybridized carbons (Fsp3) is 0.278. The Balaban J connectivity index is 1.68. The topological polar surface area (TPSA) is 96.7 Å². The molecular formula is C18H21N5O. The summed E-state index contributed by atoms with van der Waals surface area (Å²) in [6.45, 7) is 3.88. The molecule has 4 N–H and O–H groups in total. The molecule has 0 aliphatic carbocycles. The molecule has 3 rings (SSSR count). The molecule has 2 atom stereocenters. The number of nitrogens with zero attached hydrogens (tertiary/aromatic N) is 2. The second kappa shape index (κ2) is 6.80. The van der Waals surface area contributed by atoms with Crippen molar-refractivity contribution >= 4 is 16.8 Å². The van der Waals surface area contributed by atoms with Gasteiger partial charge in [-0.15, -0.1) is 0 Å². The Bertz CT molecular complexity index is 857. The third-order valence-corrected chi connectivity index (χ3v) is 4.12. The number of H-pyrrole nitrogens is 1. The number of fused-ring (bicyclic) bond motifs is 1. The van der Waals surface area contributed by atoms with Crippen LogP contribution in [0.25, 0.3) is 10.9 Å². The average Bonchev–Trinajstić information content (AvgIpc) is 2.98. The predicted octanol–water partition coefficient (Wildman–Crippen LogP) is 2.01. The van der Waals surface area contributed by atoms with Crippen LogP contribution in [0.3, 0.4) is 0 Å². The van der Waals surface area contributed by atoms with Gasteiger partial charge in [-0.2, -0.15) is 5.10 Å². The van der Waals surface area contributed by atoms with Crippen LogP contribution < -0.4 is 11.1 Å². The standard InChI is InChI=1S/C18H21N5O/c1-11-6-5-9-20-17(11)12(2)21-18(24)14(19)10-16-13-7-3-4-8-15(13)22-23-16/h3-9,12,14H,10,19H2,1-2H3,(H,21,24)(H,22,23). The van der Waals surface area contributed by atoms with E-state index in [2.05, 4.69) is 20.5 Å². The van der Waals surface area contributed by atoms with E-state index in [1.807, 2.05) is 50.2 Å². The first-order valence-corrected chi connectivity index (χ1v) is 7.95. The van der Waals surface area contributed by atoms with Crippen molar-refractivity contribution in [1.82, 2.24) is 20.5 Å². The molecule has 1 amide bonds. The molecular weight excluding hydrogens is 302 g/mol. The number of carbonyl (C=O) groups excluding carboxylic acids is 1. The molecule has 0 aliphatic rings. The Morgan fingerprint density at radius 2 is 2.08 bits per heavy atom. The van der Waals surface area contributed by atoms with E-state index < -0.39 is 6.04 Å². The van der Waals surface area contributed by atoms with Crippen molar-refractivity contribution in [3.8, 4) is 0 Å². The molecule has 2 heterocycles. The first-order valence-electron chi connectivity index (χ1n) is 7.95.